The van der Waals surface area contributed by atoms with Crippen LogP contribution in [0.5, 0.6) is 0 Å². The SMILES string of the molecule is Cc1ccc(S(C)(=O)=O)cc1C(=O)Nc1ccc(-c2ccccn2)cc1. The Morgan fingerprint density at radius 1 is 1.00 bits per heavy atom. The second-order valence-corrected chi connectivity index (χ2v) is 8.01. The number of carbonyl (C=O) groups is 1. The van der Waals surface area contributed by atoms with Crippen LogP contribution >= 0.6 is 0 Å². The maximum absolute atomic E-state index is 12.6. The molecular weight excluding hydrogens is 348 g/mol. The molecule has 0 bridgehead atoms. The van der Waals surface area contributed by atoms with Gasteiger partial charge in [-0.05, 0) is 48.9 Å². The maximum Gasteiger partial charge on any atom is 0.255 e. The summed E-state index contributed by atoms with van der Waals surface area (Å²) < 4.78 is 23.4. The Labute approximate surface area is 152 Å². The van der Waals surface area contributed by atoms with Crippen LogP contribution in [0.15, 0.2) is 71.8 Å². The van der Waals surface area contributed by atoms with Gasteiger partial charge in [0.15, 0.2) is 9.84 Å². The summed E-state index contributed by atoms with van der Waals surface area (Å²) in [5.74, 6) is -0.349. The average molecular weight is 366 g/mol. The number of nitrogens with one attached hydrogen (secondary N) is 1. The van der Waals surface area contributed by atoms with Crippen molar-refractivity contribution < 1.29 is 13.2 Å². The van der Waals surface area contributed by atoms with Crippen molar-refractivity contribution >= 4 is 21.4 Å². The number of carbonyl (C=O) groups excluding carboxylic acids is 1. The lowest BCUT2D eigenvalue weighted by Crippen LogP contribution is -2.14. The number of aryl methyl sites for hydroxylation is 1. The zero-order valence-electron chi connectivity index (χ0n) is 14.4. The van der Waals surface area contributed by atoms with Gasteiger partial charge in [0.05, 0.1) is 10.6 Å². The summed E-state index contributed by atoms with van der Waals surface area (Å²) in [4.78, 5) is 17.0. The number of sulfone groups is 1. The topological polar surface area (TPSA) is 76.1 Å². The van der Waals surface area contributed by atoms with E-state index in [0.717, 1.165) is 17.5 Å². The van der Waals surface area contributed by atoms with Crippen molar-refractivity contribution in [3.63, 3.8) is 0 Å². The highest BCUT2D eigenvalue weighted by molar-refractivity contribution is 7.90. The van der Waals surface area contributed by atoms with Crippen LogP contribution in [0.3, 0.4) is 0 Å². The molecule has 0 saturated carbocycles. The van der Waals surface area contributed by atoms with Gasteiger partial charge in [-0.1, -0.05) is 24.3 Å². The zero-order valence-corrected chi connectivity index (χ0v) is 15.2. The average Bonchev–Trinajstić information content (AvgIpc) is 2.62. The lowest BCUT2D eigenvalue weighted by Gasteiger charge is -2.10. The number of amides is 1. The van der Waals surface area contributed by atoms with Gasteiger partial charge in [-0.3, -0.25) is 9.78 Å². The summed E-state index contributed by atoms with van der Waals surface area (Å²) >= 11 is 0. The van der Waals surface area contributed by atoms with E-state index >= 15 is 0 Å². The molecule has 6 heteroatoms. The fourth-order valence-corrected chi connectivity index (χ4v) is 3.18. The molecule has 0 saturated heterocycles. The number of benzene rings is 2. The Morgan fingerprint density at radius 3 is 2.35 bits per heavy atom. The summed E-state index contributed by atoms with van der Waals surface area (Å²) in [6.45, 7) is 1.77. The summed E-state index contributed by atoms with van der Waals surface area (Å²) in [6.07, 6.45) is 2.85. The molecule has 3 rings (SSSR count). The Kier molecular flexibility index (Phi) is 4.86. The van der Waals surface area contributed by atoms with Gasteiger partial charge in [-0.25, -0.2) is 8.42 Å². The molecule has 0 aliphatic heterocycles. The van der Waals surface area contributed by atoms with Gasteiger partial charge in [0.2, 0.25) is 0 Å². The minimum Gasteiger partial charge on any atom is -0.322 e. The van der Waals surface area contributed by atoms with Gasteiger partial charge < -0.3 is 5.32 Å². The largest absolute Gasteiger partial charge is 0.322 e. The molecule has 1 heterocycles. The van der Waals surface area contributed by atoms with E-state index in [4.69, 9.17) is 0 Å². The molecule has 0 atom stereocenters. The minimum absolute atomic E-state index is 0.124. The number of aromatic nitrogens is 1. The fraction of sp³-hybridized carbons (Fsp3) is 0.100. The summed E-state index contributed by atoms with van der Waals surface area (Å²) in [6, 6.07) is 17.5. The van der Waals surface area contributed by atoms with E-state index in [1.807, 2.05) is 30.3 Å². The van der Waals surface area contributed by atoms with Crippen molar-refractivity contribution in [3.8, 4) is 11.3 Å². The van der Waals surface area contributed by atoms with Crippen LogP contribution < -0.4 is 5.32 Å². The highest BCUT2D eigenvalue weighted by Gasteiger charge is 2.14. The van der Waals surface area contributed by atoms with Crippen molar-refractivity contribution in [1.29, 1.82) is 0 Å². The van der Waals surface area contributed by atoms with E-state index < -0.39 is 9.84 Å². The minimum atomic E-state index is -3.37. The predicted octanol–water partition coefficient (Wildman–Crippen LogP) is 3.71. The van der Waals surface area contributed by atoms with Gasteiger partial charge in [-0.15, -0.1) is 0 Å². The molecule has 0 radical (unpaired) electrons. The van der Waals surface area contributed by atoms with E-state index in [1.165, 1.54) is 12.1 Å². The molecule has 0 unspecified atom stereocenters. The second-order valence-electron chi connectivity index (χ2n) is 6.00. The van der Waals surface area contributed by atoms with E-state index in [0.29, 0.717) is 16.8 Å². The van der Waals surface area contributed by atoms with Gasteiger partial charge in [0.25, 0.3) is 5.91 Å². The van der Waals surface area contributed by atoms with Crippen molar-refractivity contribution in [3.05, 3.63) is 78.0 Å². The van der Waals surface area contributed by atoms with Crippen molar-refractivity contribution in [2.75, 3.05) is 11.6 Å². The van der Waals surface area contributed by atoms with Gasteiger partial charge >= 0.3 is 0 Å². The monoisotopic (exact) mass is 366 g/mol. The highest BCUT2D eigenvalue weighted by atomic mass is 32.2. The molecule has 1 N–H and O–H groups in total. The molecule has 2 aromatic carbocycles. The molecule has 1 aromatic heterocycles. The Balaban J connectivity index is 1.82. The molecule has 0 aliphatic carbocycles. The third-order valence-corrected chi connectivity index (χ3v) is 5.10. The molecular formula is C20H18N2O3S. The van der Waals surface area contributed by atoms with Crippen molar-refractivity contribution in [1.82, 2.24) is 4.98 Å². The molecule has 0 fully saturated rings. The van der Waals surface area contributed by atoms with Crippen molar-refractivity contribution in [2.45, 2.75) is 11.8 Å². The van der Waals surface area contributed by atoms with E-state index in [1.54, 1.807) is 31.3 Å². The molecule has 3 aromatic rings. The first kappa shape index (κ1) is 17.8. The number of nitrogens with zero attached hydrogens (tertiary/aromatic N) is 1. The standard InChI is InChI=1S/C20H18N2O3S/c1-14-6-11-17(26(2,24)25)13-18(14)20(23)22-16-9-7-15(8-10-16)19-5-3-4-12-21-19/h3-13H,1-2H3,(H,22,23). The number of hydrogen-bond donors (Lipinski definition) is 1. The first-order valence-corrected chi connectivity index (χ1v) is 9.87. The molecule has 132 valence electrons. The first-order valence-electron chi connectivity index (χ1n) is 7.98. The molecule has 26 heavy (non-hydrogen) atoms. The lowest BCUT2D eigenvalue weighted by molar-refractivity contribution is 0.102. The summed E-state index contributed by atoms with van der Waals surface area (Å²) in [5, 5.41) is 2.80. The van der Waals surface area contributed by atoms with Gasteiger partial charge in [-0.2, -0.15) is 0 Å². The number of rotatable bonds is 4. The number of anilines is 1. The normalized spacial score (nSPS) is 11.2. The molecule has 1 amide bonds. The fourth-order valence-electron chi connectivity index (χ4n) is 2.53. The smallest absolute Gasteiger partial charge is 0.255 e. The van der Waals surface area contributed by atoms with Crippen LogP contribution in [0.2, 0.25) is 0 Å². The Bertz CT molecular complexity index is 1040. The number of hydrogen-bond acceptors (Lipinski definition) is 4. The van der Waals surface area contributed by atoms with E-state index in [-0.39, 0.29) is 10.8 Å². The van der Waals surface area contributed by atoms with E-state index in [2.05, 4.69) is 10.3 Å². The van der Waals surface area contributed by atoms with Crippen LogP contribution in [0, 0.1) is 6.92 Å². The molecule has 5 nitrogen and oxygen atoms in total. The van der Waals surface area contributed by atoms with Gasteiger partial charge in [0.1, 0.15) is 0 Å². The predicted molar refractivity (Wildman–Crippen MR) is 102 cm³/mol. The third kappa shape index (κ3) is 3.97. The van der Waals surface area contributed by atoms with Gasteiger partial charge in [0, 0.05) is 29.3 Å². The Morgan fingerprint density at radius 2 is 1.73 bits per heavy atom. The number of pyridine rings is 1. The molecule has 0 aliphatic rings. The zero-order chi connectivity index (χ0) is 18.7. The van der Waals surface area contributed by atoms with E-state index in [9.17, 15) is 13.2 Å². The Hall–Kier alpha value is -2.99. The second kappa shape index (κ2) is 7.09. The quantitative estimate of drug-likeness (QED) is 0.764. The first-order chi connectivity index (χ1) is 12.3. The molecule has 0 spiro atoms. The van der Waals surface area contributed by atoms with Crippen LogP contribution in [0.1, 0.15) is 15.9 Å². The van der Waals surface area contributed by atoms with Crippen LogP contribution in [-0.2, 0) is 9.84 Å². The maximum atomic E-state index is 12.6. The summed E-state index contributed by atoms with van der Waals surface area (Å²) in [5.41, 5.74) is 3.46. The summed E-state index contributed by atoms with van der Waals surface area (Å²) in [7, 11) is -3.37. The third-order valence-electron chi connectivity index (χ3n) is 3.99. The van der Waals surface area contributed by atoms with Crippen LogP contribution in [0.25, 0.3) is 11.3 Å². The lowest BCUT2D eigenvalue weighted by atomic mass is 10.1. The highest BCUT2D eigenvalue weighted by Crippen LogP contribution is 2.21. The van der Waals surface area contributed by atoms with Crippen molar-refractivity contribution in [2.24, 2.45) is 0 Å². The van der Waals surface area contributed by atoms with Crippen LogP contribution in [0.4, 0.5) is 5.69 Å². The van der Waals surface area contributed by atoms with Crippen LogP contribution in [-0.4, -0.2) is 25.6 Å².